The largest absolute Gasteiger partial charge is 0.462 e. The van der Waals surface area contributed by atoms with E-state index in [4.69, 9.17) is 4.74 Å². The third-order valence-electron chi connectivity index (χ3n) is 1.96. The van der Waals surface area contributed by atoms with Crippen LogP contribution in [-0.2, 0) is 9.53 Å². The van der Waals surface area contributed by atoms with Crippen molar-refractivity contribution in [2.75, 3.05) is 6.61 Å². The van der Waals surface area contributed by atoms with E-state index in [-0.39, 0.29) is 5.97 Å². The number of allylic oxidation sites excluding steroid dienone is 3. The van der Waals surface area contributed by atoms with Crippen LogP contribution < -0.4 is 0 Å². The van der Waals surface area contributed by atoms with Crippen molar-refractivity contribution < 1.29 is 9.53 Å². The summed E-state index contributed by atoms with van der Waals surface area (Å²) >= 11 is 0. The van der Waals surface area contributed by atoms with E-state index in [0.29, 0.717) is 6.61 Å². The van der Waals surface area contributed by atoms with Crippen molar-refractivity contribution in [3.05, 3.63) is 24.3 Å². The zero-order valence-electron chi connectivity index (χ0n) is 9.87. The first kappa shape index (κ1) is 13.9. The van der Waals surface area contributed by atoms with Gasteiger partial charge in [0.2, 0.25) is 0 Å². The summed E-state index contributed by atoms with van der Waals surface area (Å²) in [6, 6.07) is 0. The molecule has 0 saturated heterocycles. The monoisotopic (exact) mass is 210 g/mol. The summed E-state index contributed by atoms with van der Waals surface area (Å²) in [7, 11) is 0. The van der Waals surface area contributed by atoms with E-state index >= 15 is 0 Å². The molecular weight excluding hydrogens is 188 g/mol. The topological polar surface area (TPSA) is 26.3 Å². The average Bonchev–Trinajstić information content (AvgIpc) is 2.20. The van der Waals surface area contributed by atoms with Gasteiger partial charge in [-0.05, 0) is 19.3 Å². The third-order valence-corrected chi connectivity index (χ3v) is 1.96. The average molecular weight is 210 g/mol. The molecule has 15 heavy (non-hydrogen) atoms. The second-order valence-corrected chi connectivity index (χ2v) is 3.48. The van der Waals surface area contributed by atoms with Gasteiger partial charge in [-0.1, -0.05) is 44.1 Å². The molecule has 0 aliphatic heterocycles. The van der Waals surface area contributed by atoms with Crippen LogP contribution >= 0.6 is 0 Å². The lowest BCUT2D eigenvalue weighted by molar-refractivity contribution is -0.139. The van der Waals surface area contributed by atoms with E-state index in [1.54, 1.807) is 0 Å². The minimum atomic E-state index is -0.227. The number of esters is 1. The van der Waals surface area contributed by atoms with Crippen LogP contribution in [0.4, 0.5) is 0 Å². The molecule has 2 nitrogen and oxygen atoms in total. The quantitative estimate of drug-likeness (QED) is 0.347. The van der Waals surface area contributed by atoms with Crippen molar-refractivity contribution in [2.24, 2.45) is 0 Å². The fourth-order valence-corrected chi connectivity index (χ4v) is 1.13. The molecule has 0 heterocycles. The summed E-state index contributed by atoms with van der Waals surface area (Å²) in [5, 5.41) is 0. The highest BCUT2D eigenvalue weighted by Gasteiger charge is 1.85. The van der Waals surface area contributed by atoms with Crippen molar-refractivity contribution >= 4 is 5.97 Å². The molecule has 0 fully saturated rings. The molecular formula is C13H22O2. The smallest absolute Gasteiger partial charge is 0.302 e. The van der Waals surface area contributed by atoms with Crippen molar-refractivity contribution in [3.8, 4) is 0 Å². The molecule has 0 atom stereocenters. The second kappa shape index (κ2) is 11.0. The molecule has 0 amide bonds. The maximum absolute atomic E-state index is 10.4. The van der Waals surface area contributed by atoms with Gasteiger partial charge in [0.25, 0.3) is 0 Å². The highest BCUT2D eigenvalue weighted by Crippen LogP contribution is 2.00. The molecule has 0 unspecified atom stereocenters. The Kier molecular flexibility index (Phi) is 10.3. The summed E-state index contributed by atoms with van der Waals surface area (Å²) in [5.41, 5.74) is 0. The SMILES string of the molecule is CCCCC/C=C\C/C=C/COC(C)=O. The number of hydrogen-bond acceptors (Lipinski definition) is 2. The Morgan fingerprint density at radius 1 is 1.13 bits per heavy atom. The summed E-state index contributed by atoms with van der Waals surface area (Å²) < 4.78 is 4.75. The van der Waals surface area contributed by atoms with Crippen LogP contribution in [0.15, 0.2) is 24.3 Å². The maximum atomic E-state index is 10.4. The lowest BCUT2D eigenvalue weighted by Crippen LogP contribution is -1.97. The van der Waals surface area contributed by atoms with Gasteiger partial charge in [-0.15, -0.1) is 0 Å². The normalized spacial score (nSPS) is 11.3. The molecule has 86 valence electrons. The van der Waals surface area contributed by atoms with Gasteiger partial charge in [0.15, 0.2) is 0 Å². The fourth-order valence-electron chi connectivity index (χ4n) is 1.13. The number of hydrogen-bond donors (Lipinski definition) is 0. The summed E-state index contributed by atoms with van der Waals surface area (Å²) in [5.74, 6) is -0.227. The Labute approximate surface area is 93.0 Å². The number of ether oxygens (including phenoxy) is 1. The van der Waals surface area contributed by atoms with Crippen LogP contribution in [0.3, 0.4) is 0 Å². The van der Waals surface area contributed by atoms with Crippen LogP contribution in [-0.4, -0.2) is 12.6 Å². The van der Waals surface area contributed by atoms with Crippen molar-refractivity contribution in [3.63, 3.8) is 0 Å². The first-order valence-electron chi connectivity index (χ1n) is 5.70. The number of carbonyl (C=O) groups is 1. The Morgan fingerprint density at radius 3 is 2.53 bits per heavy atom. The van der Waals surface area contributed by atoms with Crippen LogP contribution in [0.25, 0.3) is 0 Å². The molecule has 0 bridgehead atoms. The lowest BCUT2D eigenvalue weighted by Gasteiger charge is -1.93. The van der Waals surface area contributed by atoms with Crippen LogP contribution in [0.5, 0.6) is 0 Å². The Balaban J connectivity index is 3.24. The molecule has 0 aromatic carbocycles. The third kappa shape index (κ3) is 12.9. The first-order chi connectivity index (χ1) is 7.27. The van der Waals surface area contributed by atoms with Gasteiger partial charge < -0.3 is 4.74 Å². The molecule has 0 radical (unpaired) electrons. The van der Waals surface area contributed by atoms with Crippen molar-refractivity contribution in [1.29, 1.82) is 0 Å². The van der Waals surface area contributed by atoms with Gasteiger partial charge in [0.1, 0.15) is 6.61 Å². The van der Waals surface area contributed by atoms with E-state index in [2.05, 4.69) is 19.1 Å². The Bertz CT molecular complexity index is 205. The van der Waals surface area contributed by atoms with Gasteiger partial charge in [-0.25, -0.2) is 0 Å². The van der Waals surface area contributed by atoms with Crippen LogP contribution in [0, 0.1) is 0 Å². The van der Waals surface area contributed by atoms with Crippen molar-refractivity contribution in [2.45, 2.75) is 46.0 Å². The molecule has 0 N–H and O–H groups in total. The zero-order valence-corrected chi connectivity index (χ0v) is 9.87. The number of unbranched alkanes of at least 4 members (excludes halogenated alkanes) is 3. The molecule has 0 saturated carbocycles. The standard InChI is InChI=1S/C13H22O2/c1-3-4-5-6-7-8-9-10-11-12-15-13(2)14/h7-8,10-11H,3-6,9,12H2,1-2H3/b8-7-,11-10+. The minimum Gasteiger partial charge on any atom is -0.462 e. The van der Waals surface area contributed by atoms with E-state index in [0.717, 1.165) is 6.42 Å². The Morgan fingerprint density at radius 2 is 1.87 bits per heavy atom. The van der Waals surface area contributed by atoms with E-state index in [1.165, 1.54) is 32.6 Å². The lowest BCUT2D eigenvalue weighted by atomic mass is 10.2. The predicted molar refractivity (Wildman–Crippen MR) is 63.7 cm³/mol. The molecule has 0 aromatic rings. The van der Waals surface area contributed by atoms with E-state index < -0.39 is 0 Å². The molecule has 0 spiro atoms. The highest BCUT2D eigenvalue weighted by atomic mass is 16.5. The van der Waals surface area contributed by atoms with E-state index in [1.807, 2.05) is 12.2 Å². The molecule has 0 aliphatic carbocycles. The van der Waals surface area contributed by atoms with Gasteiger partial charge in [-0.2, -0.15) is 0 Å². The fraction of sp³-hybridized carbons (Fsp3) is 0.615. The molecule has 0 aromatic heterocycles. The first-order valence-corrected chi connectivity index (χ1v) is 5.70. The molecule has 2 heteroatoms. The summed E-state index contributed by atoms with van der Waals surface area (Å²) in [6.07, 6.45) is 14.2. The van der Waals surface area contributed by atoms with Gasteiger partial charge >= 0.3 is 5.97 Å². The highest BCUT2D eigenvalue weighted by molar-refractivity contribution is 5.65. The molecule has 0 aliphatic rings. The van der Waals surface area contributed by atoms with Gasteiger partial charge in [0, 0.05) is 6.92 Å². The van der Waals surface area contributed by atoms with Gasteiger partial charge in [-0.3, -0.25) is 4.79 Å². The second-order valence-electron chi connectivity index (χ2n) is 3.48. The van der Waals surface area contributed by atoms with Gasteiger partial charge in [0.05, 0.1) is 0 Å². The van der Waals surface area contributed by atoms with Crippen molar-refractivity contribution in [1.82, 2.24) is 0 Å². The predicted octanol–water partition coefficient (Wildman–Crippen LogP) is 3.63. The summed E-state index contributed by atoms with van der Waals surface area (Å²) in [4.78, 5) is 10.4. The number of carbonyl (C=O) groups excluding carboxylic acids is 1. The minimum absolute atomic E-state index is 0.227. The Hall–Kier alpha value is -1.05. The molecule has 0 rings (SSSR count). The maximum Gasteiger partial charge on any atom is 0.302 e. The summed E-state index contributed by atoms with van der Waals surface area (Å²) in [6.45, 7) is 4.02. The zero-order chi connectivity index (χ0) is 11.4. The van der Waals surface area contributed by atoms with Crippen LogP contribution in [0.2, 0.25) is 0 Å². The number of rotatable bonds is 8. The van der Waals surface area contributed by atoms with Crippen LogP contribution in [0.1, 0.15) is 46.0 Å². The van der Waals surface area contributed by atoms with E-state index in [9.17, 15) is 4.79 Å².